The maximum atomic E-state index is 6.26. The average Bonchev–Trinajstić information content (AvgIpc) is 2.45. The van der Waals surface area contributed by atoms with Crippen molar-refractivity contribution in [3.63, 3.8) is 0 Å². The van der Waals surface area contributed by atoms with Gasteiger partial charge >= 0.3 is 0 Å². The first kappa shape index (κ1) is 16.3. The van der Waals surface area contributed by atoms with Crippen LogP contribution in [-0.2, 0) is 0 Å². The highest BCUT2D eigenvalue weighted by Crippen LogP contribution is 2.36. The Bertz CT molecular complexity index is 631. The molecule has 0 aliphatic rings. The zero-order chi connectivity index (χ0) is 15.4. The molecule has 1 N–H and O–H groups in total. The molecule has 0 aliphatic carbocycles. The van der Waals surface area contributed by atoms with Crippen LogP contribution in [0.25, 0.3) is 0 Å². The molecule has 1 unspecified atom stereocenters. The van der Waals surface area contributed by atoms with Gasteiger partial charge in [-0.25, -0.2) is 0 Å². The van der Waals surface area contributed by atoms with Gasteiger partial charge in [0.1, 0.15) is 5.75 Å². The first-order valence-corrected chi connectivity index (χ1v) is 7.79. The van der Waals surface area contributed by atoms with Crippen LogP contribution >= 0.6 is 34.8 Å². The summed E-state index contributed by atoms with van der Waals surface area (Å²) in [6, 6.07) is 11.4. The van der Waals surface area contributed by atoms with Gasteiger partial charge in [0, 0.05) is 11.8 Å². The first-order chi connectivity index (χ1) is 10.0. The molecule has 0 aliphatic heterocycles. The van der Waals surface area contributed by atoms with Gasteiger partial charge in [-0.3, -0.25) is 0 Å². The van der Waals surface area contributed by atoms with Gasteiger partial charge in [0.15, 0.2) is 0 Å². The fourth-order valence-corrected chi connectivity index (χ4v) is 2.75. The lowest BCUT2D eigenvalue weighted by Gasteiger charge is -2.18. The molecule has 21 heavy (non-hydrogen) atoms. The van der Waals surface area contributed by atoms with Crippen LogP contribution in [0.2, 0.25) is 15.1 Å². The third-order valence-electron chi connectivity index (χ3n) is 3.06. The van der Waals surface area contributed by atoms with Crippen molar-refractivity contribution in [3.8, 4) is 5.75 Å². The maximum Gasteiger partial charge on any atom is 0.121 e. The predicted octanol–water partition coefficient (Wildman–Crippen LogP) is 6.22. The molecule has 1 atom stereocenters. The summed E-state index contributed by atoms with van der Waals surface area (Å²) in [6.07, 6.45) is 0. The monoisotopic (exact) mass is 343 g/mol. The highest BCUT2D eigenvalue weighted by molar-refractivity contribution is 6.48. The highest BCUT2D eigenvalue weighted by atomic mass is 35.5. The second-order valence-electron chi connectivity index (χ2n) is 4.59. The molecule has 0 heterocycles. The van der Waals surface area contributed by atoms with Crippen molar-refractivity contribution < 1.29 is 4.74 Å². The summed E-state index contributed by atoms with van der Waals surface area (Å²) in [5.74, 6) is 0.829. The lowest BCUT2D eigenvalue weighted by molar-refractivity contribution is 0.340. The summed E-state index contributed by atoms with van der Waals surface area (Å²) >= 11 is 18.3. The molecular weight excluding hydrogens is 329 g/mol. The van der Waals surface area contributed by atoms with Crippen LogP contribution in [0.15, 0.2) is 36.4 Å². The summed E-state index contributed by atoms with van der Waals surface area (Å²) in [5.41, 5.74) is 1.85. The summed E-state index contributed by atoms with van der Waals surface area (Å²) in [5, 5.41) is 4.69. The van der Waals surface area contributed by atoms with Gasteiger partial charge in [-0.05, 0) is 37.6 Å². The quantitative estimate of drug-likeness (QED) is 0.650. The molecule has 2 nitrogen and oxygen atoms in total. The molecule has 0 bridgehead atoms. The molecule has 0 saturated carbocycles. The normalized spacial score (nSPS) is 12.0. The van der Waals surface area contributed by atoms with E-state index in [2.05, 4.69) is 5.32 Å². The zero-order valence-electron chi connectivity index (χ0n) is 11.8. The van der Waals surface area contributed by atoms with E-state index in [-0.39, 0.29) is 6.04 Å². The zero-order valence-corrected chi connectivity index (χ0v) is 14.1. The summed E-state index contributed by atoms with van der Waals surface area (Å²) in [6.45, 7) is 4.61. The Balaban J connectivity index is 2.20. The molecule has 2 aromatic carbocycles. The topological polar surface area (TPSA) is 21.3 Å². The smallest absolute Gasteiger partial charge is 0.121 e. The third kappa shape index (κ3) is 3.97. The second-order valence-corrected chi connectivity index (χ2v) is 5.75. The highest BCUT2D eigenvalue weighted by Gasteiger charge is 2.14. The number of ether oxygens (including phenoxy) is 1. The molecule has 0 spiro atoms. The van der Waals surface area contributed by atoms with Gasteiger partial charge in [-0.15, -0.1) is 0 Å². The fourth-order valence-electron chi connectivity index (χ4n) is 2.05. The van der Waals surface area contributed by atoms with Gasteiger partial charge in [-0.2, -0.15) is 0 Å². The van der Waals surface area contributed by atoms with E-state index in [0.29, 0.717) is 21.7 Å². The minimum atomic E-state index is -0.0101. The number of hydrogen-bond donors (Lipinski definition) is 1. The molecule has 2 rings (SSSR count). The predicted molar refractivity (Wildman–Crippen MR) is 91.1 cm³/mol. The molecule has 5 heteroatoms. The lowest BCUT2D eigenvalue weighted by Crippen LogP contribution is -2.07. The van der Waals surface area contributed by atoms with Gasteiger partial charge in [0.05, 0.1) is 27.7 Å². The van der Waals surface area contributed by atoms with Crippen molar-refractivity contribution in [2.24, 2.45) is 0 Å². The van der Waals surface area contributed by atoms with Gasteiger partial charge < -0.3 is 10.1 Å². The van der Waals surface area contributed by atoms with Crippen LogP contribution in [0, 0.1) is 0 Å². The minimum Gasteiger partial charge on any atom is -0.494 e. The Labute approximate surface area is 140 Å². The SMILES string of the molecule is CCOc1cccc(NC(C)c2ccc(Cl)c(Cl)c2Cl)c1. The average molecular weight is 345 g/mol. The molecule has 0 radical (unpaired) electrons. The fraction of sp³-hybridized carbons (Fsp3) is 0.250. The first-order valence-electron chi connectivity index (χ1n) is 6.65. The van der Waals surface area contributed by atoms with E-state index in [1.165, 1.54) is 0 Å². The number of nitrogens with one attached hydrogen (secondary N) is 1. The van der Waals surface area contributed by atoms with E-state index in [1.807, 2.05) is 44.2 Å². The van der Waals surface area contributed by atoms with E-state index < -0.39 is 0 Å². The Morgan fingerprint density at radius 2 is 1.86 bits per heavy atom. The van der Waals surface area contributed by atoms with Crippen LogP contribution in [0.1, 0.15) is 25.5 Å². The second kappa shape index (κ2) is 7.26. The molecule has 0 amide bonds. The van der Waals surface area contributed by atoms with Crippen molar-refractivity contribution >= 4 is 40.5 Å². The van der Waals surface area contributed by atoms with E-state index in [9.17, 15) is 0 Å². The van der Waals surface area contributed by atoms with Crippen LogP contribution in [0.4, 0.5) is 5.69 Å². The Hall–Kier alpha value is -1.09. The van der Waals surface area contributed by atoms with Gasteiger partial charge in [-0.1, -0.05) is 46.9 Å². The Kier molecular flexibility index (Phi) is 5.63. The maximum absolute atomic E-state index is 6.26. The number of anilines is 1. The van der Waals surface area contributed by atoms with Crippen molar-refractivity contribution in [1.82, 2.24) is 0 Å². The van der Waals surface area contributed by atoms with Crippen LogP contribution in [0.5, 0.6) is 5.75 Å². The largest absolute Gasteiger partial charge is 0.494 e. The number of hydrogen-bond acceptors (Lipinski definition) is 2. The molecule has 0 saturated heterocycles. The molecule has 2 aromatic rings. The number of rotatable bonds is 5. The van der Waals surface area contributed by atoms with E-state index in [4.69, 9.17) is 39.5 Å². The minimum absolute atomic E-state index is 0.0101. The standard InChI is InChI=1S/C16H16Cl3NO/c1-3-21-12-6-4-5-11(9-12)20-10(2)13-7-8-14(17)16(19)15(13)18/h4-10,20H,3H2,1-2H3. The molecule has 0 fully saturated rings. The van der Waals surface area contributed by atoms with Crippen LogP contribution in [-0.4, -0.2) is 6.61 Å². The van der Waals surface area contributed by atoms with E-state index in [1.54, 1.807) is 6.07 Å². The van der Waals surface area contributed by atoms with Crippen molar-refractivity contribution in [1.29, 1.82) is 0 Å². The van der Waals surface area contributed by atoms with Gasteiger partial charge in [0.25, 0.3) is 0 Å². The summed E-state index contributed by atoms with van der Waals surface area (Å²) in [7, 11) is 0. The van der Waals surface area contributed by atoms with E-state index >= 15 is 0 Å². The molecule has 112 valence electrons. The third-order valence-corrected chi connectivity index (χ3v) is 4.37. The Morgan fingerprint density at radius 1 is 1.10 bits per heavy atom. The summed E-state index contributed by atoms with van der Waals surface area (Å²) < 4.78 is 5.49. The van der Waals surface area contributed by atoms with Gasteiger partial charge in [0.2, 0.25) is 0 Å². The number of benzene rings is 2. The van der Waals surface area contributed by atoms with E-state index in [0.717, 1.165) is 17.0 Å². The summed E-state index contributed by atoms with van der Waals surface area (Å²) in [4.78, 5) is 0. The number of halogens is 3. The molecule has 0 aromatic heterocycles. The van der Waals surface area contributed by atoms with Crippen LogP contribution < -0.4 is 10.1 Å². The van der Waals surface area contributed by atoms with Crippen LogP contribution in [0.3, 0.4) is 0 Å². The Morgan fingerprint density at radius 3 is 2.57 bits per heavy atom. The lowest BCUT2D eigenvalue weighted by atomic mass is 10.1. The van der Waals surface area contributed by atoms with Crippen molar-refractivity contribution in [2.75, 3.05) is 11.9 Å². The van der Waals surface area contributed by atoms with Crippen molar-refractivity contribution in [2.45, 2.75) is 19.9 Å². The molecular formula is C16H16Cl3NO. The van der Waals surface area contributed by atoms with Crippen molar-refractivity contribution in [3.05, 3.63) is 57.0 Å².